The normalized spacial score (nSPS) is 22.5. The lowest BCUT2D eigenvalue weighted by atomic mass is 9.86. The van der Waals surface area contributed by atoms with Crippen molar-refractivity contribution < 1.29 is 9.84 Å². The number of hydrogen-bond acceptors (Lipinski definition) is 4. The van der Waals surface area contributed by atoms with E-state index in [0.29, 0.717) is 18.2 Å². The van der Waals surface area contributed by atoms with Crippen LogP contribution in [0.25, 0.3) is 0 Å². The van der Waals surface area contributed by atoms with Gasteiger partial charge in [0.15, 0.2) is 0 Å². The van der Waals surface area contributed by atoms with Gasteiger partial charge in [0, 0.05) is 24.2 Å². The van der Waals surface area contributed by atoms with Gasteiger partial charge in [0.05, 0.1) is 18.4 Å². The highest BCUT2D eigenvalue weighted by Gasteiger charge is 2.22. The predicted molar refractivity (Wildman–Crippen MR) is 83.1 cm³/mol. The van der Waals surface area contributed by atoms with E-state index in [-0.39, 0.29) is 6.10 Å². The summed E-state index contributed by atoms with van der Waals surface area (Å²) in [6.07, 6.45) is 5.19. The summed E-state index contributed by atoms with van der Waals surface area (Å²) < 4.78 is 5.63. The van der Waals surface area contributed by atoms with E-state index >= 15 is 0 Å². The van der Waals surface area contributed by atoms with Crippen LogP contribution >= 0.6 is 0 Å². The molecule has 1 fully saturated rings. The Hall–Kier alpha value is -1.42. The molecule has 2 atom stereocenters. The lowest BCUT2D eigenvalue weighted by Crippen LogP contribution is -2.30. The van der Waals surface area contributed by atoms with Gasteiger partial charge in [-0.15, -0.1) is 0 Å². The fourth-order valence-corrected chi connectivity index (χ4v) is 2.66. The van der Waals surface area contributed by atoms with E-state index in [4.69, 9.17) is 10.5 Å². The minimum atomic E-state index is -0.166. The van der Waals surface area contributed by atoms with Crippen molar-refractivity contribution in [3.8, 4) is 5.75 Å². The molecule has 4 heteroatoms. The first-order valence-electron chi connectivity index (χ1n) is 7.65. The molecule has 1 saturated carbocycles. The van der Waals surface area contributed by atoms with Crippen LogP contribution in [-0.4, -0.2) is 24.4 Å². The zero-order valence-electron chi connectivity index (χ0n) is 12.3. The van der Waals surface area contributed by atoms with E-state index in [0.717, 1.165) is 43.7 Å². The number of hydrogen-bond donors (Lipinski definition) is 3. The number of nitrogens with two attached hydrogens (primary N) is 1. The van der Waals surface area contributed by atoms with Crippen molar-refractivity contribution in [1.82, 2.24) is 0 Å². The van der Waals surface area contributed by atoms with Crippen LogP contribution in [-0.2, 0) is 0 Å². The van der Waals surface area contributed by atoms with Gasteiger partial charge < -0.3 is 20.9 Å². The molecule has 0 radical (unpaired) electrons. The number of aliphatic hydroxyl groups is 1. The number of rotatable bonds is 6. The van der Waals surface area contributed by atoms with Gasteiger partial charge in [-0.1, -0.05) is 19.8 Å². The third-order valence-corrected chi connectivity index (χ3v) is 3.91. The largest absolute Gasteiger partial charge is 0.491 e. The number of nitrogens with one attached hydrogen (secondary N) is 1. The molecule has 0 amide bonds. The molecule has 4 N–H and O–H groups in total. The van der Waals surface area contributed by atoms with Crippen molar-refractivity contribution >= 4 is 11.4 Å². The Balaban J connectivity index is 1.91. The smallest absolute Gasteiger partial charge is 0.144 e. The second-order valence-corrected chi connectivity index (χ2v) is 5.59. The Bertz CT molecular complexity index is 423. The highest BCUT2D eigenvalue weighted by atomic mass is 16.5. The molecule has 1 aromatic rings. The molecule has 0 bridgehead atoms. The second-order valence-electron chi connectivity index (χ2n) is 5.59. The summed E-state index contributed by atoms with van der Waals surface area (Å²) in [6, 6.07) is 5.77. The molecule has 0 aromatic heterocycles. The van der Waals surface area contributed by atoms with Crippen LogP contribution in [0.5, 0.6) is 5.75 Å². The third-order valence-electron chi connectivity index (χ3n) is 3.91. The zero-order valence-corrected chi connectivity index (χ0v) is 12.3. The van der Waals surface area contributed by atoms with Gasteiger partial charge >= 0.3 is 0 Å². The first-order valence-corrected chi connectivity index (χ1v) is 7.65. The fourth-order valence-electron chi connectivity index (χ4n) is 2.66. The number of nitrogen functional groups attached to an aromatic ring is 1. The van der Waals surface area contributed by atoms with Gasteiger partial charge in [0.2, 0.25) is 0 Å². The first kappa shape index (κ1) is 15.0. The van der Waals surface area contributed by atoms with E-state index in [9.17, 15) is 5.11 Å². The molecular formula is C16H26N2O2. The second kappa shape index (κ2) is 7.39. The summed E-state index contributed by atoms with van der Waals surface area (Å²) in [7, 11) is 0. The average Bonchev–Trinajstić information content (AvgIpc) is 2.46. The summed E-state index contributed by atoms with van der Waals surface area (Å²) in [5, 5.41) is 13.4. The molecule has 20 heavy (non-hydrogen) atoms. The Labute approximate surface area is 121 Å². The van der Waals surface area contributed by atoms with Crippen molar-refractivity contribution in [2.24, 2.45) is 5.92 Å². The van der Waals surface area contributed by atoms with Crippen molar-refractivity contribution in [2.45, 2.75) is 45.1 Å². The molecule has 0 saturated heterocycles. The molecule has 4 nitrogen and oxygen atoms in total. The van der Waals surface area contributed by atoms with Crippen molar-refractivity contribution in [2.75, 3.05) is 24.2 Å². The van der Waals surface area contributed by atoms with Crippen LogP contribution < -0.4 is 15.8 Å². The highest BCUT2D eigenvalue weighted by molar-refractivity contribution is 5.61. The van der Waals surface area contributed by atoms with Gasteiger partial charge in [-0.3, -0.25) is 0 Å². The topological polar surface area (TPSA) is 67.5 Å². The fraction of sp³-hybridized carbons (Fsp3) is 0.625. The molecule has 0 heterocycles. The SMILES string of the molecule is CCCOc1cc(NCC2CCCCC2O)ccc1N. The molecule has 0 aliphatic heterocycles. The standard InChI is InChI=1S/C16H26N2O2/c1-2-9-20-16-10-13(7-8-14(16)17)18-11-12-5-3-4-6-15(12)19/h7-8,10,12,15,18-19H,2-6,9,11,17H2,1H3. The number of aliphatic hydroxyl groups excluding tert-OH is 1. The Morgan fingerprint density at radius 2 is 2.15 bits per heavy atom. The van der Waals surface area contributed by atoms with Crippen LogP contribution in [0.3, 0.4) is 0 Å². The molecule has 1 aliphatic carbocycles. The molecule has 2 unspecified atom stereocenters. The van der Waals surface area contributed by atoms with Crippen molar-refractivity contribution in [3.05, 3.63) is 18.2 Å². The van der Waals surface area contributed by atoms with Gasteiger partial charge in [0.25, 0.3) is 0 Å². The van der Waals surface area contributed by atoms with E-state index in [1.54, 1.807) is 0 Å². The summed E-state index contributed by atoms with van der Waals surface area (Å²) in [5.41, 5.74) is 7.57. The summed E-state index contributed by atoms with van der Waals surface area (Å²) in [5.74, 6) is 1.09. The first-order chi connectivity index (χ1) is 9.70. The van der Waals surface area contributed by atoms with E-state index in [1.807, 2.05) is 18.2 Å². The maximum atomic E-state index is 9.98. The van der Waals surface area contributed by atoms with Crippen molar-refractivity contribution in [3.63, 3.8) is 0 Å². The number of anilines is 2. The van der Waals surface area contributed by atoms with E-state index < -0.39 is 0 Å². The number of benzene rings is 1. The van der Waals surface area contributed by atoms with Crippen LogP contribution in [0.1, 0.15) is 39.0 Å². The van der Waals surface area contributed by atoms with Gasteiger partial charge in [-0.2, -0.15) is 0 Å². The number of ether oxygens (including phenoxy) is 1. The highest BCUT2D eigenvalue weighted by Crippen LogP contribution is 2.28. The third kappa shape index (κ3) is 4.04. The Morgan fingerprint density at radius 3 is 2.90 bits per heavy atom. The summed E-state index contributed by atoms with van der Waals surface area (Å²) in [6.45, 7) is 3.55. The van der Waals surface area contributed by atoms with Crippen LogP contribution in [0.4, 0.5) is 11.4 Å². The zero-order chi connectivity index (χ0) is 14.4. The maximum absolute atomic E-state index is 9.98. The minimum absolute atomic E-state index is 0.166. The average molecular weight is 278 g/mol. The van der Waals surface area contributed by atoms with Crippen molar-refractivity contribution in [1.29, 1.82) is 0 Å². The Kier molecular flexibility index (Phi) is 5.53. The minimum Gasteiger partial charge on any atom is -0.491 e. The van der Waals surface area contributed by atoms with Gasteiger partial charge in [-0.05, 0) is 31.4 Å². The van der Waals surface area contributed by atoms with Crippen LogP contribution in [0.2, 0.25) is 0 Å². The lowest BCUT2D eigenvalue weighted by Gasteiger charge is -2.28. The molecule has 1 aliphatic rings. The van der Waals surface area contributed by atoms with Gasteiger partial charge in [-0.25, -0.2) is 0 Å². The summed E-state index contributed by atoms with van der Waals surface area (Å²) >= 11 is 0. The molecular weight excluding hydrogens is 252 g/mol. The predicted octanol–water partition coefficient (Wildman–Crippen LogP) is 3.02. The molecule has 112 valence electrons. The molecule has 1 aromatic carbocycles. The van der Waals surface area contributed by atoms with E-state index in [2.05, 4.69) is 12.2 Å². The van der Waals surface area contributed by atoms with E-state index in [1.165, 1.54) is 6.42 Å². The monoisotopic (exact) mass is 278 g/mol. The lowest BCUT2D eigenvalue weighted by molar-refractivity contribution is 0.0763. The molecule has 2 rings (SSSR count). The Morgan fingerprint density at radius 1 is 1.35 bits per heavy atom. The van der Waals surface area contributed by atoms with Crippen LogP contribution in [0, 0.1) is 5.92 Å². The summed E-state index contributed by atoms with van der Waals surface area (Å²) in [4.78, 5) is 0. The quantitative estimate of drug-likeness (QED) is 0.700. The van der Waals surface area contributed by atoms with Crippen LogP contribution in [0.15, 0.2) is 18.2 Å². The molecule has 0 spiro atoms. The van der Waals surface area contributed by atoms with Gasteiger partial charge in [0.1, 0.15) is 5.75 Å². The maximum Gasteiger partial charge on any atom is 0.144 e.